The van der Waals surface area contributed by atoms with Crippen LogP contribution in [0.15, 0.2) is 69.3 Å². The molecule has 4 rings (SSSR count). The number of hydrazone groups is 1. The van der Waals surface area contributed by atoms with Crippen molar-refractivity contribution in [3.8, 4) is 0 Å². The maximum atomic E-state index is 12.9. The molecule has 0 bridgehead atoms. The van der Waals surface area contributed by atoms with Gasteiger partial charge in [-0.25, -0.2) is 4.98 Å². The van der Waals surface area contributed by atoms with Crippen molar-refractivity contribution < 1.29 is 14.0 Å². The number of benzene rings is 2. The number of carbonyl (C=O) groups excluding carboxylic acids is 2. The van der Waals surface area contributed by atoms with Crippen LogP contribution in [0.4, 0.5) is 5.69 Å². The number of rotatable bonds is 3. The van der Waals surface area contributed by atoms with E-state index in [1.807, 2.05) is 42.5 Å². The second kappa shape index (κ2) is 6.64. The number of thioether (sulfide) groups is 1. The van der Waals surface area contributed by atoms with E-state index in [-0.39, 0.29) is 17.6 Å². The number of amidine groups is 1. The maximum absolute atomic E-state index is 12.9. The molecule has 1 aliphatic rings. The molecule has 1 N–H and O–H groups in total. The van der Waals surface area contributed by atoms with Crippen LogP contribution in [0.25, 0.3) is 11.1 Å². The van der Waals surface area contributed by atoms with Crippen LogP contribution in [0.1, 0.15) is 6.92 Å². The zero-order chi connectivity index (χ0) is 18.1. The average Bonchev–Trinajstić information content (AvgIpc) is 3.18. The predicted molar refractivity (Wildman–Crippen MR) is 98.8 cm³/mol. The first-order chi connectivity index (χ1) is 12.6. The van der Waals surface area contributed by atoms with Crippen molar-refractivity contribution in [3.05, 3.63) is 54.6 Å². The minimum atomic E-state index is -0.743. The Morgan fingerprint density at radius 2 is 1.88 bits per heavy atom. The first-order valence-electron chi connectivity index (χ1n) is 7.89. The average molecular weight is 366 g/mol. The Hall–Kier alpha value is -3.13. The molecule has 2 amide bonds. The van der Waals surface area contributed by atoms with Gasteiger partial charge in [0.1, 0.15) is 5.52 Å². The smallest absolute Gasteiger partial charge is 0.268 e. The Bertz CT molecular complexity index is 982. The lowest BCUT2D eigenvalue weighted by atomic mass is 10.3. The van der Waals surface area contributed by atoms with E-state index in [1.54, 1.807) is 12.1 Å². The van der Waals surface area contributed by atoms with Gasteiger partial charge in [-0.2, -0.15) is 5.01 Å². The van der Waals surface area contributed by atoms with E-state index in [9.17, 15) is 9.59 Å². The number of nitrogens with zero attached hydrogens (tertiary/aromatic N) is 3. The summed E-state index contributed by atoms with van der Waals surface area (Å²) >= 11 is 1.12. The van der Waals surface area contributed by atoms with Gasteiger partial charge in [0.2, 0.25) is 5.91 Å². The summed E-state index contributed by atoms with van der Waals surface area (Å²) in [5.41, 5.74) is 1.97. The molecule has 7 nitrogen and oxygen atoms in total. The number of oxazole rings is 1. The summed E-state index contributed by atoms with van der Waals surface area (Å²) in [6.45, 7) is 1.37. The van der Waals surface area contributed by atoms with Gasteiger partial charge in [-0.3, -0.25) is 9.59 Å². The summed E-state index contributed by atoms with van der Waals surface area (Å²) in [4.78, 5) is 28.8. The lowest BCUT2D eigenvalue weighted by Crippen LogP contribution is -2.37. The van der Waals surface area contributed by atoms with Gasteiger partial charge in [0, 0.05) is 6.92 Å². The molecule has 1 aromatic heterocycles. The van der Waals surface area contributed by atoms with Crippen LogP contribution < -0.4 is 10.3 Å². The van der Waals surface area contributed by atoms with Crippen LogP contribution in [0.5, 0.6) is 0 Å². The summed E-state index contributed by atoms with van der Waals surface area (Å²) in [7, 11) is 0. The van der Waals surface area contributed by atoms with E-state index in [2.05, 4.69) is 15.4 Å². The summed E-state index contributed by atoms with van der Waals surface area (Å²) in [5.74, 6) is -0.305. The van der Waals surface area contributed by atoms with Crippen LogP contribution in [-0.2, 0) is 9.59 Å². The first-order valence-corrected chi connectivity index (χ1v) is 8.77. The van der Waals surface area contributed by atoms with Crippen LogP contribution in [0, 0.1) is 0 Å². The summed E-state index contributed by atoms with van der Waals surface area (Å²) in [5, 5.41) is 7.81. The highest BCUT2D eigenvalue weighted by molar-refractivity contribution is 8.01. The lowest BCUT2D eigenvalue weighted by molar-refractivity contribution is -0.117. The monoisotopic (exact) mass is 366 g/mol. The minimum Gasteiger partial charge on any atom is -0.431 e. The molecule has 0 saturated carbocycles. The molecule has 2 aromatic carbocycles. The zero-order valence-electron chi connectivity index (χ0n) is 13.7. The third-order valence-corrected chi connectivity index (χ3v) is 4.72. The molecule has 130 valence electrons. The van der Waals surface area contributed by atoms with Gasteiger partial charge in [-0.15, -0.1) is 5.10 Å². The fourth-order valence-corrected chi connectivity index (χ4v) is 3.48. The van der Waals surface area contributed by atoms with Crippen molar-refractivity contribution in [1.82, 2.24) is 10.3 Å². The second-order valence-electron chi connectivity index (χ2n) is 5.60. The van der Waals surface area contributed by atoms with Gasteiger partial charge in [-0.1, -0.05) is 30.3 Å². The first kappa shape index (κ1) is 16.3. The third-order valence-electron chi connectivity index (χ3n) is 3.69. The van der Waals surface area contributed by atoms with E-state index in [0.717, 1.165) is 11.8 Å². The number of fused-ring (bicyclic) bond motifs is 1. The molecule has 2 heterocycles. The van der Waals surface area contributed by atoms with Gasteiger partial charge in [0.15, 0.2) is 16.7 Å². The van der Waals surface area contributed by atoms with Gasteiger partial charge >= 0.3 is 0 Å². The Balaban J connectivity index is 1.65. The van der Waals surface area contributed by atoms with E-state index in [0.29, 0.717) is 22.0 Å². The normalized spacial score (nSPS) is 16.8. The summed E-state index contributed by atoms with van der Waals surface area (Å²) in [6.07, 6.45) is 0. The second-order valence-corrected chi connectivity index (χ2v) is 6.65. The Kier molecular flexibility index (Phi) is 4.18. The topological polar surface area (TPSA) is 87.8 Å². The number of carbonyl (C=O) groups is 2. The van der Waals surface area contributed by atoms with Crippen molar-refractivity contribution in [1.29, 1.82) is 0 Å². The molecule has 8 heteroatoms. The summed E-state index contributed by atoms with van der Waals surface area (Å²) in [6, 6.07) is 16.4. The predicted octanol–water partition coefficient (Wildman–Crippen LogP) is 2.78. The van der Waals surface area contributed by atoms with E-state index in [4.69, 9.17) is 4.42 Å². The van der Waals surface area contributed by atoms with Gasteiger partial charge < -0.3 is 9.73 Å². The van der Waals surface area contributed by atoms with Crippen molar-refractivity contribution in [3.63, 3.8) is 0 Å². The van der Waals surface area contributed by atoms with Gasteiger partial charge in [0.25, 0.3) is 11.1 Å². The van der Waals surface area contributed by atoms with E-state index >= 15 is 0 Å². The van der Waals surface area contributed by atoms with Crippen molar-refractivity contribution >= 4 is 46.2 Å². The number of aromatic nitrogens is 1. The largest absolute Gasteiger partial charge is 0.431 e. The van der Waals surface area contributed by atoms with Crippen LogP contribution in [0.3, 0.4) is 0 Å². The van der Waals surface area contributed by atoms with Crippen molar-refractivity contribution in [2.45, 2.75) is 17.4 Å². The van der Waals surface area contributed by atoms with E-state index < -0.39 is 5.25 Å². The molecule has 1 aliphatic heterocycles. The number of amides is 2. The van der Waals surface area contributed by atoms with Crippen molar-refractivity contribution in [2.24, 2.45) is 5.10 Å². The molecule has 26 heavy (non-hydrogen) atoms. The minimum absolute atomic E-state index is 0.263. The molecule has 1 atom stereocenters. The number of anilines is 1. The number of hydrogen-bond donors (Lipinski definition) is 1. The highest BCUT2D eigenvalue weighted by Gasteiger charge is 2.39. The highest BCUT2D eigenvalue weighted by atomic mass is 32.2. The Labute approximate surface area is 153 Å². The molecule has 0 saturated heterocycles. The number of hydrogen-bond acceptors (Lipinski definition) is 6. The molecule has 0 fully saturated rings. The highest BCUT2D eigenvalue weighted by Crippen LogP contribution is 2.32. The Morgan fingerprint density at radius 3 is 2.62 bits per heavy atom. The fraction of sp³-hybridized carbons (Fsp3) is 0.111. The SMILES string of the molecule is CC(=O)NC1=NN(c2ccccc2)C(=O)[C@@H]1Sc1nc2ccccc2o1. The molecule has 0 radical (unpaired) electrons. The lowest BCUT2D eigenvalue weighted by Gasteiger charge is -2.12. The van der Waals surface area contributed by atoms with E-state index in [1.165, 1.54) is 11.9 Å². The quantitative estimate of drug-likeness (QED) is 0.770. The molecule has 3 aromatic rings. The van der Waals surface area contributed by atoms with Crippen LogP contribution in [0.2, 0.25) is 0 Å². The molecular formula is C18H14N4O3S. The molecular weight excluding hydrogens is 352 g/mol. The van der Waals surface area contributed by atoms with Gasteiger partial charge in [-0.05, 0) is 36.0 Å². The maximum Gasteiger partial charge on any atom is 0.268 e. The zero-order valence-corrected chi connectivity index (χ0v) is 14.6. The molecule has 0 unspecified atom stereocenters. The summed E-state index contributed by atoms with van der Waals surface area (Å²) < 4.78 is 5.69. The van der Waals surface area contributed by atoms with Crippen LogP contribution in [-0.4, -0.2) is 27.9 Å². The standard InChI is InChI=1S/C18H14N4O3S/c1-11(23)19-16-15(17(24)22(21-16)12-7-3-2-4-8-12)26-18-20-13-9-5-6-10-14(13)25-18/h2-10,15H,1H3,(H,19,21,23)/t15-/m1/s1. The third kappa shape index (κ3) is 3.06. The number of nitrogens with one attached hydrogen (secondary N) is 1. The van der Waals surface area contributed by atoms with Crippen molar-refractivity contribution in [2.75, 3.05) is 5.01 Å². The number of para-hydroxylation sites is 3. The Morgan fingerprint density at radius 1 is 1.15 bits per heavy atom. The molecule has 0 aliphatic carbocycles. The van der Waals surface area contributed by atoms with Gasteiger partial charge in [0.05, 0.1) is 5.69 Å². The fourth-order valence-electron chi connectivity index (χ4n) is 2.57. The molecule has 0 spiro atoms. The van der Waals surface area contributed by atoms with Crippen LogP contribution >= 0.6 is 11.8 Å².